The van der Waals surface area contributed by atoms with Gasteiger partial charge in [-0.05, 0) is 18.2 Å². The first-order chi connectivity index (χ1) is 8.61. The van der Waals surface area contributed by atoms with E-state index in [1.807, 2.05) is 0 Å². The summed E-state index contributed by atoms with van der Waals surface area (Å²) in [6.45, 7) is -0.146. The number of aliphatic hydroxyl groups is 1. The van der Waals surface area contributed by atoms with E-state index in [1.165, 1.54) is 10.9 Å². The number of carboxylic acid groups (broad SMARTS) is 1. The molecule has 18 heavy (non-hydrogen) atoms. The number of rotatable bonds is 4. The van der Waals surface area contributed by atoms with E-state index in [0.29, 0.717) is 16.4 Å². The number of aromatic carboxylic acids is 1. The van der Waals surface area contributed by atoms with E-state index in [9.17, 15) is 4.79 Å². The van der Waals surface area contributed by atoms with Gasteiger partial charge in [-0.2, -0.15) is 5.10 Å². The van der Waals surface area contributed by atoms with Crippen LogP contribution in [0.3, 0.4) is 0 Å². The highest BCUT2D eigenvalue weighted by Crippen LogP contribution is 2.17. The molecular formula is C12H11ClN2O3. The lowest BCUT2D eigenvalue weighted by Crippen LogP contribution is -2.02. The second-order valence-corrected chi connectivity index (χ2v) is 4.13. The largest absolute Gasteiger partial charge is 0.478 e. The Morgan fingerprint density at radius 2 is 2.22 bits per heavy atom. The lowest BCUT2D eigenvalue weighted by Gasteiger charge is -2.00. The Balaban J connectivity index is 2.46. The molecule has 0 unspecified atom stereocenters. The predicted molar refractivity (Wildman–Crippen MR) is 66.3 cm³/mol. The summed E-state index contributed by atoms with van der Waals surface area (Å²) in [5.74, 6) is -1.06. The maximum atomic E-state index is 11.0. The molecule has 6 heteroatoms. The molecule has 94 valence electrons. The van der Waals surface area contributed by atoms with E-state index >= 15 is 0 Å². The second-order valence-electron chi connectivity index (χ2n) is 3.69. The van der Waals surface area contributed by atoms with Crippen LogP contribution in [0.1, 0.15) is 16.1 Å². The van der Waals surface area contributed by atoms with Crippen LogP contribution in [-0.4, -0.2) is 32.6 Å². The van der Waals surface area contributed by atoms with Gasteiger partial charge in [0.1, 0.15) is 5.56 Å². The minimum absolute atomic E-state index is 0.0871. The van der Waals surface area contributed by atoms with Gasteiger partial charge in [0.25, 0.3) is 0 Å². The van der Waals surface area contributed by atoms with Gasteiger partial charge in [0.2, 0.25) is 0 Å². The molecule has 1 aromatic heterocycles. The Morgan fingerprint density at radius 1 is 1.44 bits per heavy atom. The van der Waals surface area contributed by atoms with E-state index in [0.717, 1.165) is 0 Å². The van der Waals surface area contributed by atoms with Crippen LogP contribution in [0, 0.1) is 0 Å². The van der Waals surface area contributed by atoms with Crippen molar-refractivity contribution < 1.29 is 15.0 Å². The van der Waals surface area contributed by atoms with Crippen LogP contribution in [0.5, 0.6) is 0 Å². The third-order valence-electron chi connectivity index (χ3n) is 2.44. The van der Waals surface area contributed by atoms with Crippen molar-refractivity contribution in [1.82, 2.24) is 9.78 Å². The molecule has 0 atom stereocenters. The smallest absolute Gasteiger partial charge is 0.339 e. The zero-order valence-electron chi connectivity index (χ0n) is 9.38. The Kier molecular flexibility index (Phi) is 3.64. The molecule has 0 aliphatic carbocycles. The van der Waals surface area contributed by atoms with Gasteiger partial charge in [0, 0.05) is 24.2 Å². The maximum absolute atomic E-state index is 11.0. The Bertz CT molecular complexity index is 580. The minimum atomic E-state index is -1.06. The lowest BCUT2D eigenvalue weighted by molar-refractivity contribution is 0.0695. The fourth-order valence-electron chi connectivity index (χ4n) is 1.63. The fourth-order valence-corrected chi connectivity index (χ4v) is 1.81. The molecule has 2 aromatic rings. The van der Waals surface area contributed by atoms with E-state index in [2.05, 4.69) is 5.10 Å². The third-order valence-corrected chi connectivity index (χ3v) is 2.68. The number of benzene rings is 1. The molecule has 0 amide bonds. The summed E-state index contributed by atoms with van der Waals surface area (Å²) < 4.78 is 1.44. The van der Waals surface area contributed by atoms with Gasteiger partial charge in [-0.1, -0.05) is 17.7 Å². The standard InChI is InChI=1S/C12H11ClN2O3/c13-8-2-1-3-9(6-8)15-7-10(12(17)18)11(14-15)4-5-16/h1-3,6-7,16H,4-5H2,(H,17,18). The summed E-state index contributed by atoms with van der Waals surface area (Å²) in [5.41, 5.74) is 1.11. The fraction of sp³-hybridized carbons (Fsp3) is 0.167. The summed E-state index contributed by atoms with van der Waals surface area (Å²) in [6, 6.07) is 6.93. The van der Waals surface area contributed by atoms with Gasteiger partial charge in [-0.25, -0.2) is 9.48 Å². The molecule has 0 saturated carbocycles. The number of carboxylic acids is 1. The molecule has 0 radical (unpaired) electrons. The molecule has 1 heterocycles. The van der Waals surface area contributed by atoms with Gasteiger partial charge in [-0.3, -0.25) is 0 Å². The molecule has 0 bridgehead atoms. The van der Waals surface area contributed by atoms with E-state index in [4.69, 9.17) is 21.8 Å². The average Bonchev–Trinajstić information content (AvgIpc) is 2.74. The van der Waals surface area contributed by atoms with Crippen molar-refractivity contribution in [3.63, 3.8) is 0 Å². The van der Waals surface area contributed by atoms with E-state index in [1.54, 1.807) is 24.3 Å². The third kappa shape index (κ3) is 2.52. The predicted octanol–water partition coefficient (Wildman–Crippen LogP) is 1.76. The highest BCUT2D eigenvalue weighted by atomic mass is 35.5. The van der Waals surface area contributed by atoms with Crippen LogP contribution in [0.4, 0.5) is 0 Å². The molecule has 0 aliphatic heterocycles. The molecule has 0 saturated heterocycles. The van der Waals surface area contributed by atoms with E-state index in [-0.39, 0.29) is 18.6 Å². The molecule has 2 N–H and O–H groups in total. The number of hydrogen-bond acceptors (Lipinski definition) is 3. The maximum Gasteiger partial charge on any atom is 0.339 e. The summed E-state index contributed by atoms with van der Waals surface area (Å²) in [6.07, 6.45) is 1.62. The summed E-state index contributed by atoms with van der Waals surface area (Å²) in [7, 11) is 0. The van der Waals surface area contributed by atoms with Crippen LogP contribution in [0.2, 0.25) is 5.02 Å². The summed E-state index contributed by atoms with van der Waals surface area (Å²) in [4.78, 5) is 11.0. The van der Waals surface area contributed by atoms with Crippen molar-refractivity contribution in [2.24, 2.45) is 0 Å². The molecule has 0 fully saturated rings. The quantitative estimate of drug-likeness (QED) is 0.884. The first-order valence-corrected chi connectivity index (χ1v) is 5.68. The van der Waals surface area contributed by atoms with Crippen LogP contribution >= 0.6 is 11.6 Å². The molecular weight excluding hydrogens is 256 g/mol. The molecule has 1 aromatic carbocycles. The number of hydrogen-bond donors (Lipinski definition) is 2. The van der Waals surface area contributed by atoms with Crippen LogP contribution < -0.4 is 0 Å². The Labute approximate surface area is 108 Å². The van der Waals surface area contributed by atoms with Crippen molar-refractivity contribution >= 4 is 17.6 Å². The van der Waals surface area contributed by atoms with Crippen LogP contribution in [0.15, 0.2) is 30.5 Å². The summed E-state index contributed by atoms with van der Waals surface area (Å²) in [5, 5.41) is 22.6. The van der Waals surface area contributed by atoms with E-state index < -0.39 is 5.97 Å². The number of nitrogens with zero attached hydrogens (tertiary/aromatic N) is 2. The topological polar surface area (TPSA) is 75.3 Å². The van der Waals surface area contributed by atoms with Crippen molar-refractivity contribution in [3.05, 3.63) is 46.7 Å². The normalized spacial score (nSPS) is 10.6. The molecule has 0 aliphatic rings. The second kappa shape index (κ2) is 5.20. The molecule has 0 spiro atoms. The van der Waals surface area contributed by atoms with Crippen molar-refractivity contribution in [2.75, 3.05) is 6.61 Å². The highest BCUT2D eigenvalue weighted by molar-refractivity contribution is 6.30. The number of aliphatic hydroxyl groups excluding tert-OH is 1. The van der Waals surface area contributed by atoms with Gasteiger partial charge in [0.05, 0.1) is 11.4 Å². The van der Waals surface area contributed by atoms with Gasteiger partial charge < -0.3 is 10.2 Å². The van der Waals surface area contributed by atoms with Crippen molar-refractivity contribution in [1.29, 1.82) is 0 Å². The Morgan fingerprint density at radius 3 is 2.83 bits per heavy atom. The average molecular weight is 267 g/mol. The number of halogens is 1. The SMILES string of the molecule is O=C(O)c1cn(-c2cccc(Cl)c2)nc1CCO. The minimum Gasteiger partial charge on any atom is -0.478 e. The number of carbonyl (C=O) groups is 1. The highest BCUT2D eigenvalue weighted by Gasteiger charge is 2.15. The molecule has 5 nitrogen and oxygen atoms in total. The van der Waals surface area contributed by atoms with Gasteiger partial charge in [0.15, 0.2) is 0 Å². The molecule has 2 rings (SSSR count). The first kappa shape index (κ1) is 12.6. The lowest BCUT2D eigenvalue weighted by atomic mass is 10.2. The van der Waals surface area contributed by atoms with Crippen LogP contribution in [0.25, 0.3) is 5.69 Å². The van der Waals surface area contributed by atoms with Crippen LogP contribution in [-0.2, 0) is 6.42 Å². The van der Waals surface area contributed by atoms with Crippen molar-refractivity contribution in [2.45, 2.75) is 6.42 Å². The Hall–Kier alpha value is -1.85. The zero-order chi connectivity index (χ0) is 13.1. The first-order valence-electron chi connectivity index (χ1n) is 5.30. The van der Waals surface area contributed by atoms with Crippen molar-refractivity contribution in [3.8, 4) is 5.69 Å². The van der Waals surface area contributed by atoms with Gasteiger partial charge >= 0.3 is 5.97 Å². The zero-order valence-corrected chi connectivity index (χ0v) is 10.1. The summed E-state index contributed by atoms with van der Waals surface area (Å²) >= 11 is 5.87. The monoisotopic (exact) mass is 266 g/mol. The van der Waals surface area contributed by atoms with Gasteiger partial charge in [-0.15, -0.1) is 0 Å². The number of aromatic nitrogens is 2.